The molecule has 1 saturated carbocycles. The number of Topliss-reactive ketones (excluding diaryl/α,β-unsaturated/α-hetero) is 1. The van der Waals surface area contributed by atoms with Gasteiger partial charge in [-0.05, 0) is 51.0 Å². The summed E-state index contributed by atoms with van der Waals surface area (Å²) in [6.07, 6.45) is 3.69. The van der Waals surface area contributed by atoms with Gasteiger partial charge in [-0.25, -0.2) is 0 Å². The Kier molecular flexibility index (Phi) is 4.46. The van der Waals surface area contributed by atoms with Gasteiger partial charge in [0.05, 0.1) is 18.7 Å². The molecule has 3 aliphatic rings. The van der Waals surface area contributed by atoms with Crippen molar-refractivity contribution in [2.75, 3.05) is 19.6 Å². The van der Waals surface area contributed by atoms with E-state index in [4.69, 9.17) is 5.26 Å². The van der Waals surface area contributed by atoms with E-state index in [1.165, 1.54) is 0 Å². The third kappa shape index (κ3) is 2.88. The van der Waals surface area contributed by atoms with E-state index < -0.39 is 0 Å². The standard InChI is InChI=1S/C16H24N4O2/c1-10(21)16-14-6-12(5-11(14)8-19-16)18-9-15(22)20-4-2-3-13(20)7-17/h11-14,16,18-19H,2-6,8-9H2,1H3/t11-,12+,13?,14+,16-/m1/s1. The van der Waals surface area contributed by atoms with Gasteiger partial charge in [-0.1, -0.05) is 0 Å². The maximum atomic E-state index is 12.2. The summed E-state index contributed by atoms with van der Waals surface area (Å²) < 4.78 is 0. The van der Waals surface area contributed by atoms with Crippen LogP contribution in [0.4, 0.5) is 0 Å². The first-order chi connectivity index (χ1) is 10.6. The van der Waals surface area contributed by atoms with Gasteiger partial charge in [-0.15, -0.1) is 0 Å². The first-order valence-corrected chi connectivity index (χ1v) is 8.26. The van der Waals surface area contributed by atoms with Crippen molar-refractivity contribution in [3.63, 3.8) is 0 Å². The van der Waals surface area contributed by atoms with E-state index in [-0.39, 0.29) is 23.8 Å². The molecule has 1 amide bonds. The zero-order chi connectivity index (χ0) is 15.7. The third-order valence-corrected chi connectivity index (χ3v) is 5.48. The Balaban J connectivity index is 1.48. The molecule has 6 heteroatoms. The number of hydrogen-bond acceptors (Lipinski definition) is 5. The highest BCUT2D eigenvalue weighted by atomic mass is 16.2. The van der Waals surface area contributed by atoms with Crippen LogP contribution in [0.25, 0.3) is 0 Å². The third-order valence-electron chi connectivity index (χ3n) is 5.48. The van der Waals surface area contributed by atoms with Gasteiger partial charge < -0.3 is 15.5 Å². The Bertz CT molecular complexity index is 501. The van der Waals surface area contributed by atoms with Crippen LogP contribution >= 0.6 is 0 Å². The zero-order valence-electron chi connectivity index (χ0n) is 13.0. The summed E-state index contributed by atoms with van der Waals surface area (Å²) in [5.74, 6) is 1.20. The van der Waals surface area contributed by atoms with Crippen molar-refractivity contribution in [3.05, 3.63) is 0 Å². The molecule has 22 heavy (non-hydrogen) atoms. The highest BCUT2D eigenvalue weighted by molar-refractivity contribution is 5.82. The zero-order valence-corrected chi connectivity index (χ0v) is 13.0. The number of nitrogens with one attached hydrogen (secondary N) is 2. The molecule has 1 unspecified atom stereocenters. The van der Waals surface area contributed by atoms with E-state index in [1.54, 1.807) is 11.8 Å². The van der Waals surface area contributed by atoms with Crippen LogP contribution < -0.4 is 10.6 Å². The van der Waals surface area contributed by atoms with E-state index in [0.717, 1.165) is 32.2 Å². The van der Waals surface area contributed by atoms with Gasteiger partial charge in [0.15, 0.2) is 0 Å². The number of carbonyl (C=O) groups excluding carboxylic acids is 2. The van der Waals surface area contributed by atoms with Crippen LogP contribution in [0.3, 0.4) is 0 Å². The molecular formula is C16H24N4O2. The summed E-state index contributed by atoms with van der Waals surface area (Å²) in [6.45, 7) is 3.56. The number of nitriles is 1. The molecule has 2 aliphatic heterocycles. The van der Waals surface area contributed by atoms with E-state index in [9.17, 15) is 9.59 Å². The fourth-order valence-electron chi connectivity index (χ4n) is 4.37. The van der Waals surface area contributed by atoms with Gasteiger partial charge in [0.25, 0.3) is 0 Å². The maximum Gasteiger partial charge on any atom is 0.237 e. The second-order valence-corrected chi connectivity index (χ2v) is 6.84. The van der Waals surface area contributed by atoms with Gasteiger partial charge in [0.1, 0.15) is 11.8 Å². The average molecular weight is 304 g/mol. The van der Waals surface area contributed by atoms with Crippen LogP contribution in [0.5, 0.6) is 0 Å². The molecule has 1 aliphatic carbocycles. The van der Waals surface area contributed by atoms with Gasteiger partial charge in [-0.2, -0.15) is 5.26 Å². The number of ketones is 1. The highest BCUT2D eigenvalue weighted by Gasteiger charge is 2.44. The molecule has 0 bridgehead atoms. The lowest BCUT2D eigenvalue weighted by Gasteiger charge is -2.22. The van der Waals surface area contributed by atoms with Crippen molar-refractivity contribution < 1.29 is 9.59 Å². The fraction of sp³-hybridized carbons (Fsp3) is 0.812. The molecule has 3 fully saturated rings. The van der Waals surface area contributed by atoms with Crippen LogP contribution in [0.15, 0.2) is 0 Å². The van der Waals surface area contributed by atoms with Crippen molar-refractivity contribution in [1.82, 2.24) is 15.5 Å². The van der Waals surface area contributed by atoms with E-state index in [2.05, 4.69) is 16.7 Å². The van der Waals surface area contributed by atoms with E-state index >= 15 is 0 Å². The molecule has 0 aromatic heterocycles. The van der Waals surface area contributed by atoms with Gasteiger partial charge in [-0.3, -0.25) is 9.59 Å². The summed E-state index contributed by atoms with van der Waals surface area (Å²) in [5, 5.41) is 15.7. The Morgan fingerprint density at radius 1 is 1.41 bits per heavy atom. The number of rotatable bonds is 4. The van der Waals surface area contributed by atoms with Crippen LogP contribution in [-0.2, 0) is 9.59 Å². The number of carbonyl (C=O) groups is 2. The van der Waals surface area contributed by atoms with Crippen molar-refractivity contribution >= 4 is 11.7 Å². The van der Waals surface area contributed by atoms with Crippen LogP contribution in [0.2, 0.25) is 0 Å². The largest absolute Gasteiger partial charge is 0.326 e. The molecule has 0 radical (unpaired) electrons. The highest BCUT2D eigenvalue weighted by Crippen LogP contribution is 2.38. The molecule has 2 saturated heterocycles. The Labute approximate surface area is 131 Å². The molecule has 3 rings (SSSR count). The van der Waals surface area contributed by atoms with Crippen molar-refractivity contribution in [2.45, 2.75) is 50.7 Å². The minimum absolute atomic E-state index is 0.00551. The predicted octanol–water partition coefficient (Wildman–Crippen LogP) is 0.0462. The normalized spacial score (nSPS) is 37.1. The fourth-order valence-corrected chi connectivity index (χ4v) is 4.37. The lowest BCUT2D eigenvalue weighted by atomic mass is 9.92. The molecule has 6 nitrogen and oxygen atoms in total. The second kappa shape index (κ2) is 6.35. The number of nitrogens with zero attached hydrogens (tertiary/aromatic N) is 2. The average Bonchev–Trinajstić information content (AvgIpc) is 3.18. The first kappa shape index (κ1) is 15.4. The summed E-state index contributed by atoms with van der Waals surface area (Å²) in [4.78, 5) is 25.6. The summed E-state index contributed by atoms with van der Waals surface area (Å²) in [5.41, 5.74) is 0. The molecule has 2 heterocycles. The summed E-state index contributed by atoms with van der Waals surface area (Å²) in [6, 6.07) is 2.26. The first-order valence-electron chi connectivity index (χ1n) is 8.26. The number of likely N-dealkylation sites (tertiary alicyclic amines) is 1. The van der Waals surface area contributed by atoms with Crippen LogP contribution in [0, 0.1) is 23.2 Å². The molecule has 5 atom stereocenters. The second-order valence-electron chi connectivity index (χ2n) is 6.84. The lowest BCUT2D eigenvalue weighted by Crippen LogP contribution is -2.43. The van der Waals surface area contributed by atoms with Gasteiger partial charge in [0, 0.05) is 12.6 Å². The monoisotopic (exact) mass is 304 g/mol. The minimum atomic E-state index is -0.247. The molecule has 120 valence electrons. The Morgan fingerprint density at radius 2 is 2.23 bits per heavy atom. The molecule has 0 aromatic carbocycles. The molecular weight excluding hydrogens is 280 g/mol. The smallest absolute Gasteiger partial charge is 0.237 e. The Morgan fingerprint density at radius 3 is 2.95 bits per heavy atom. The quantitative estimate of drug-likeness (QED) is 0.766. The number of hydrogen-bond donors (Lipinski definition) is 2. The van der Waals surface area contributed by atoms with Crippen molar-refractivity contribution in [2.24, 2.45) is 11.8 Å². The maximum absolute atomic E-state index is 12.2. The Hall–Kier alpha value is -1.45. The van der Waals surface area contributed by atoms with Crippen LogP contribution in [-0.4, -0.2) is 54.4 Å². The van der Waals surface area contributed by atoms with Crippen LogP contribution in [0.1, 0.15) is 32.6 Å². The topological polar surface area (TPSA) is 85.2 Å². The minimum Gasteiger partial charge on any atom is -0.326 e. The SMILES string of the molecule is CC(=O)[C@H]1NC[C@H]2C[C@H](NCC(=O)N3CCCC3C#N)C[C@@H]21. The predicted molar refractivity (Wildman–Crippen MR) is 80.8 cm³/mol. The lowest BCUT2D eigenvalue weighted by molar-refractivity contribution is -0.130. The van der Waals surface area contributed by atoms with E-state index in [0.29, 0.717) is 31.0 Å². The summed E-state index contributed by atoms with van der Waals surface area (Å²) >= 11 is 0. The number of fused-ring (bicyclic) bond motifs is 1. The number of amides is 1. The molecule has 0 spiro atoms. The molecule has 2 N–H and O–H groups in total. The van der Waals surface area contributed by atoms with Crippen molar-refractivity contribution in [1.29, 1.82) is 5.26 Å². The van der Waals surface area contributed by atoms with E-state index in [1.807, 2.05) is 0 Å². The summed E-state index contributed by atoms with van der Waals surface area (Å²) in [7, 11) is 0. The van der Waals surface area contributed by atoms with Crippen molar-refractivity contribution in [3.8, 4) is 6.07 Å². The van der Waals surface area contributed by atoms with Gasteiger partial charge >= 0.3 is 0 Å². The molecule has 0 aromatic rings. The van der Waals surface area contributed by atoms with Gasteiger partial charge in [0.2, 0.25) is 5.91 Å².